The van der Waals surface area contributed by atoms with Crippen LogP contribution >= 0.6 is 11.6 Å². The van der Waals surface area contributed by atoms with Gasteiger partial charge in [0, 0.05) is 23.2 Å². The van der Waals surface area contributed by atoms with E-state index in [0.717, 1.165) is 12.2 Å². The molecule has 112 valence electrons. The number of hydrogen-bond donors (Lipinski definition) is 0. The molecule has 0 unspecified atom stereocenters. The van der Waals surface area contributed by atoms with Crippen LogP contribution in [0.2, 0.25) is 5.15 Å². The van der Waals surface area contributed by atoms with E-state index in [1.54, 1.807) is 11.0 Å². The van der Waals surface area contributed by atoms with Gasteiger partial charge in [-0.15, -0.1) is 6.42 Å². The summed E-state index contributed by atoms with van der Waals surface area (Å²) in [6.07, 6.45) is 7.75. The number of amides is 1. The number of pyridine rings is 1. The molecule has 3 nitrogen and oxygen atoms in total. The summed E-state index contributed by atoms with van der Waals surface area (Å²) in [6, 6.07) is 3.44. The first kappa shape index (κ1) is 15.9. The second-order valence-electron chi connectivity index (χ2n) is 6.65. The highest BCUT2D eigenvalue weighted by Crippen LogP contribution is 2.30. The maximum atomic E-state index is 12.7. The second-order valence-corrected chi connectivity index (χ2v) is 7.03. The van der Waals surface area contributed by atoms with Gasteiger partial charge in [-0.3, -0.25) is 4.79 Å². The van der Waals surface area contributed by atoms with E-state index in [0.29, 0.717) is 23.2 Å². The zero-order valence-electron chi connectivity index (χ0n) is 12.8. The molecule has 0 atom stereocenters. The topological polar surface area (TPSA) is 33.2 Å². The maximum absolute atomic E-state index is 12.7. The Kier molecular flexibility index (Phi) is 4.58. The first-order valence-corrected chi connectivity index (χ1v) is 7.60. The molecule has 0 bridgehead atoms. The molecule has 1 saturated carbocycles. The van der Waals surface area contributed by atoms with Crippen molar-refractivity contribution in [3.8, 4) is 12.3 Å². The van der Waals surface area contributed by atoms with Gasteiger partial charge < -0.3 is 4.90 Å². The molecule has 1 aliphatic carbocycles. The van der Waals surface area contributed by atoms with Crippen molar-refractivity contribution in [3.63, 3.8) is 0 Å². The molecule has 21 heavy (non-hydrogen) atoms. The van der Waals surface area contributed by atoms with E-state index in [9.17, 15) is 4.79 Å². The molecule has 0 saturated heterocycles. The molecule has 0 spiro atoms. The monoisotopic (exact) mass is 304 g/mol. The van der Waals surface area contributed by atoms with Gasteiger partial charge in [0.25, 0.3) is 5.91 Å². The standard InChI is InChI=1S/C17H21ClN2O/c1-5-8-20(11-12-6-7-12)16(21)13-9-14(17(2,3)4)19-15(18)10-13/h1,9-10,12H,6-8,11H2,2-4H3. The Hall–Kier alpha value is -1.53. The lowest BCUT2D eigenvalue weighted by Crippen LogP contribution is -2.33. The number of halogens is 1. The van der Waals surface area contributed by atoms with E-state index in [1.165, 1.54) is 12.8 Å². The summed E-state index contributed by atoms with van der Waals surface area (Å²) >= 11 is 6.08. The van der Waals surface area contributed by atoms with E-state index in [-0.39, 0.29) is 11.3 Å². The molecule has 1 aromatic rings. The predicted octanol–water partition coefficient (Wildman–Crippen LogP) is 3.52. The van der Waals surface area contributed by atoms with Crippen LogP contribution in [0.4, 0.5) is 0 Å². The molecule has 0 radical (unpaired) electrons. The number of carbonyl (C=O) groups excluding carboxylic acids is 1. The van der Waals surface area contributed by atoms with Gasteiger partial charge in [-0.05, 0) is 30.9 Å². The Labute approximate surface area is 131 Å². The molecule has 1 fully saturated rings. The molecule has 4 heteroatoms. The van der Waals surface area contributed by atoms with E-state index in [4.69, 9.17) is 18.0 Å². The minimum Gasteiger partial charge on any atom is -0.327 e. The van der Waals surface area contributed by atoms with Crippen molar-refractivity contribution >= 4 is 17.5 Å². The fourth-order valence-corrected chi connectivity index (χ4v) is 2.34. The fraction of sp³-hybridized carbons (Fsp3) is 0.529. The number of rotatable bonds is 4. The molecular formula is C17H21ClN2O. The number of nitrogens with zero attached hydrogens (tertiary/aromatic N) is 2. The Balaban J connectivity index is 2.28. The lowest BCUT2D eigenvalue weighted by atomic mass is 9.90. The van der Waals surface area contributed by atoms with Gasteiger partial charge in [-0.1, -0.05) is 38.3 Å². The summed E-state index contributed by atoms with van der Waals surface area (Å²) in [5.41, 5.74) is 1.22. The van der Waals surface area contributed by atoms with Crippen LogP contribution in [0.1, 0.15) is 49.7 Å². The molecule has 2 rings (SSSR count). The minimum atomic E-state index is -0.159. The molecule has 0 N–H and O–H groups in total. The van der Waals surface area contributed by atoms with Crippen molar-refractivity contribution in [3.05, 3.63) is 28.5 Å². The molecule has 1 heterocycles. The van der Waals surface area contributed by atoms with Gasteiger partial charge in [0.15, 0.2) is 0 Å². The van der Waals surface area contributed by atoms with E-state index in [2.05, 4.69) is 10.9 Å². The number of terminal acetylenes is 1. The van der Waals surface area contributed by atoms with Gasteiger partial charge in [0.05, 0.1) is 6.54 Å². The summed E-state index contributed by atoms with van der Waals surface area (Å²) < 4.78 is 0. The highest BCUT2D eigenvalue weighted by molar-refractivity contribution is 6.29. The van der Waals surface area contributed by atoms with Crippen molar-refractivity contribution in [1.29, 1.82) is 0 Å². The van der Waals surface area contributed by atoms with Gasteiger partial charge in [0.2, 0.25) is 0 Å². The van der Waals surface area contributed by atoms with Gasteiger partial charge in [-0.2, -0.15) is 0 Å². The van der Waals surface area contributed by atoms with Crippen LogP contribution in [0.15, 0.2) is 12.1 Å². The lowest BCUT2D eigenvalue weighted by molar-refractivity contribution is 0.0769. The van der Waals surface area contributed by atoms with Gasteiger partial charge in [0.1, 0.15) is 5.15 Å². The van der Waals surface area contributed by atoms with Gasteiger partial charge >= 0.3 is 0 Å². The average molecular weight is 305 g/mol. The Morgan fingerprint density at radius 1 is 1.48 bits per heavy atom. The van der Waals surface area contributed by atoms with E-state index in [1.807, 2.05) is 26.8 Å². The summed E-state index contributed by atoms with van der Waals surface area (Å²) in [5.74, 6) is 3.11. The summed E-state index contributed by atoms with van der Waals surface area (Å²) in [6.45, 7) is 7.20. The van der Waals surface area contributed by atoms with Gasteiger partial charge in [-0.25, -0.2) is 4.98 Å². The zero-order valence-corrected chi connectivity index (χ0v) is 13.6. The first-order valence-electron chi connectivity index (χ1n) is 7.22. The normalized spacial score (nSPS) is 14.6. The maximum Gasteiger partial charge on any atom is 0.254 e. The predicted molar refractivity (Wildman–Crippen MR) is 85.4 cm³/mol. The highest BCUT2D eigenvalue weighted by atomic mass is 35.5. The largest absolute Gasteiger partial charge is 0.327 e. The van der Waals surface area contributed by atoms with E-state index < -0.39 is 0 Å². The highest BCUT2D eigenvalue weighted by Gasteiger charge is 2.28. The summed E-state index contributed by atoms with van der Waals surface area (Å²) in [4.78, 5) is 18.7. The van der Waals surface area contributed by atoms with Crippen LogP contribution in [0.3, 0.4) is 0 Å². The van der Waals surface area contributed by atoms with Crippen molar-refractivity contribution < 1.29 is 4.79 Å². The molecular weight excluding hydrogens is 284 g/mol. The van der Waals surface area contributed by atoms with Crippen LogP contribution < -0.4 is 0 Å². The number of aromatic nitrogens is 1. The average Bonchev–Trinajstić information content (AvgIpc) is 3.19. The second kappa shape index (κ2) is 6.07. The lowest BCUT2D eigenvalue weighted by Gasteiger charge is -2.22. The van der Waals surface area contributed by atoms with Crippen LogP contribution in [-0.2, 0) is 5.41 Å². The summed E-state index contributed by atoms with van der Waals surface area (Å²) in [7, 11) is 0. The SMILES string of the molecule is C#CCN(CC1CC1)C(=O)c1cc(Cl)nc(C(C)(C)C)c1. The third kappa shape index (κ3) is 4.22. The molecule has 0 aliphatic heterocycles. The molecule has 1 aliphatic rings. The van der Waals surface area contributed by atoms with Crippen LogP contribution in [-0.4, -0.2) is 28.9 Å². The Bertz CT molecular complexity index is 579. The third-order valence-corrected chi connectivity index (χ3v) is 3.75. The fourth-order valence-electron chi connectivity index (χ4n) is 2.13. The number of hydrogen-bond acceptors (Lipinski definition) is 2. The quantitative estimate of drug-likeness (QED) is 0.630. The van der Waals surface area contributed by atoms with Crippen molar-refractivity contribution in [2.24, 2.45) is 5.92 Å². The van der Waals surface area contributed by atoms with E-state index >= 15 is 0 Å². The van der Waals surface area contributed by atoms with Crippen molar-refractivity contribution in [1.82, 2.24) is 9.88 Å². The number of carbonyl (C=O) groups is 1. The molecule has 1 aromatic heterocycles. The zero-order chi connectivity index (χ0) is 15.6. The Morgan fingerprint density at radius 2 is 2.14 bits per heavy atom. The van der Waals surface area contributed by atoms with Crippen LogP contribution in [0.5, 0.6) is 0 Å². The Morgan fingerprint density at radius 3 is 2.67 bits per heavy atom. The molecule has 0 aromatic carbocycles. The first-order chi connectivity index (χ1) is 9.81. The molecule has 1 amide bonds. The van der Waals surface area contributed by atoms with Crippen molar-refractivity contribution in [2.75, 3.05) is 13.1 Å². The smallest absolute Gasteiger partial charge is 0.254 e. The van der Waals surface area contributed by atoms with Crippen LogP contribution in [0.25, 0.3) is 0 Å². The van der Waals surface area contributed by atoms with Crippen molar-refractivity contribution in [2.45, 2.75) is 39.0 Å². The summed E-state index contributed by atoms with van der Waals surface area (Å²) in [5, 5.41) is 0.345. The third-order valence-electron chi connectivity index (χ3n) is 3.55. The van der Waals surface area contributed by atoms with Crippen LogP contribution in [0, 0.1) is 18.3 Å². The minimum absolute atomic E-state index is 0.0605.